The predicted molar refractivity (Wildman–Crippen MR) is 73.1 cm³/mol. The molecular weight excluding hydrogens is 244 g/mol. The second-order valence-electron chi connectivity index (χ2n) is 4.46. The summed E-state index contributed by atoms with van der Waals surface area (Å²) in [5, 5.41) is 10.2. The molecule has 0 fully saturated rings. The Morgan fingerprint density at radius 2 is 1.78 bits per heavy atom. The second kappa shape index (κ2) is 5.40. The number of nitrogens with zero attached hydrogens (tertiary/aromatic N) is 2. The zero-order valence-corrected chi connectivity index (χ0v) is 11.5. The van der Waals surface area contributed by atoms with E-state index in [0.717, 1.165) is 21.4 Å². The summed E-state index contributed by atoms with van der Waals surface area (Å²) in [4.78, 5) is 10.0. The summed E-state index contributed by atoms with van der Waals surface area (Å²) in [6, 6.07) is 9.10. The van der Waals surface area contributed by atoms with Crippen molar-refractivity contribution >= 4 is 11.8 Å². The molecule has 3 nitrogen and oxygen atoms in total. The Labute approximate surface area is 111 Å². The lowest BCUT2D eigenvalue weighted by Gasteiger charge is -2.08. The van der Waals surface area contributed by atoms with E-state index in [2.05, 4.69) is 23.8 Å². The normalized spacial score (nSPS) is 10.9. The highest BCUT2D eigenvalue weighted by Crippen LogP contribution is 2.28. The minimum atomic E-state index is 0.279. The number of aryl methyl sites for hydroxylation is 1. The van der Waals surface area contributed by atoms with Gasteiger partial charge in [0.15, 0.2) is 0 Å². The fourth-order valence-electron chi connectivity index (χ4n) is 1.51. The van der Waals surface area contributed by atoms with Gasteiger partial charge in [-0.2, -0.15) is 0 Å². The van der Waals surface area contributed by atoms with Gasteiger partial charge in [-0.1, -0.05) is 25.6 Å². The molecule has 94 valence electrons. The van der Waals surface area contributed by atoms with Crippen molar-refractivity contribution in [2.75, 3.05) is 0 Å². The second-order valence-corrected chi connectivity index (χ2v) is 5.55. The Balaban J connectivity index is 2.26. The van der Waals surface area contributed by atoms with Crippen LogP contribution in [0.1, 0.15) is 31.3 Å². The number of phenols is 1. The molecule has 0 saturated heterocycles. The molecule has 2 rings (SSSR count). The molecule has 0 aliphatic carbocycles. The van der Waals surface area contributed by atoms with Gasteiger partial charge in [-0.05, 0) is 37.3 Å². The summed E-state index contributed by atoms with van der Waals surface area (Å²) in [6.07, 6.45) is 0. The molecule has 0 aliphatic heterocycles. The molecule has 1 heterocycles. The number of phenolic OH excluding ortho intramolecular Hbond substituents is 1. The molecular formula is C14H16N2OS. The number of aromatic hydroxyl groups is 1. The zero-order valence-electron chi connectivity index (χ0n) is 10.7. The highest BCUT2D eigenvalue weighted by Gasteiger charge is 2.07. The molecule has 0 radical (unpaired) electrons. The van der Waals surface area contributed by atoms with Crippen molar-refractivity contribution in [1.29, 1.82) is 0 Å². The SMILES string of the molecule is Cc1cc(Sc2ccc(O)cc2)nc(C(C)C)n1. The van der Waals surface area contributed by atoms with Gasteiger partial charge >= 0.3 is 0 Å². The van der Waals surface area contributed by atoms with Crippen LogP contribution < -0.4 is 0 Å². The van der Waals surface area contributed by atoms with E-state index in [4.69, 9.17) is 0 Å². The average molecular weight is 260 g/mol. The third kappa shape index (κ3) is 3.23. The molecule has 0 spiro atoms. The van der Waals surface area contributed by atoms with Gasteiger partial charge in [-0.15, -0.1) is 0 Å². The fourth-order valence-corrected chi connectivity index (χ4v) is 2.39. The first-order chi connectivity index (χ1) is 8.54. The van der Waals surface area contributed by atoms with Crippen molar-refractivity contribution in [1.82, 2.24) is 9.97 Å². The smallest absolute Gasteiger partial charge is 0.132 e. The van der Waals surface area contributed by atoms with Crippen molar-refractivity contribution in [2.24, 2.45) is 0 Å². The van der Waals surface area contributed by atoms with Crippen LogP contribution in [0.4, 0.5) is 0 Å². The van der Waals surface area contributed by atoms with Crippen LogP contribution in [-0.2, 0) is 0 Å². The molecule has 0 unspecified atom stereocenters. The van der Waals surface area contributed by atoms with Crippen molar-refractivity contribution < 1.29 is 5.11 Å². The Hall–Kier alpha value is -1.55. The minimum Gasteiger partial charge on any atom is -0.508 e. The Morgan fingerprint density at radius 1 is 1.11 bits per heavy atom. The lowest BCUT2D eigenvalue weighted by Crippen LogP contribution is -2.00. The number of rotatable bonds is 3. The monoisotopic (exact) mass is 260 g/mol. The van der Waals surface area contributed by atoms with Crippen molar-refractivity contribution in [2.45, 2.75) is 36.6 Å². The van der Waals surface area contributed by atoms with Crippen LogP contribution in [-0.4, -0.2) is 15.1 Å². The molecule has 0 saturated carbocycles. The van der Waals surface area contributed by atoms with Crippen LogP contribution in [0.5, 0.6) is 5.75 Å². The first-order valence-electron chi connectivity index (χ1n) is 5.87. The highest BCUT2D eigenvalue weighted by molar-refractivity contribution is 7.99. The first kappa shape index (κ1) is 12.9. The van der Waals surface area contributed by atoms with E-state index in [1.165, 1.54) is 0 Å². The van der Waals surface area contributed by atoms with Gasteiger partial charge in [-0.25, -0.2) is 9.97 Å². The van der Waals surface area contributed by atoms with Crippen LogP contribution >= 0.6 is 11.8 Å². The third-order valence-corrected chi connectivity index (χ3v) is 3.35. The van der Waals surface area contributed by atoms with Gasteiger partial charge in [0.25, 0.3) is 0 Å². The molecule has 0 amide bonds. The summed E-state index contributed by atoms with van der Waals surface area (Å²) in [7, 11) is 0. The van der Waals surface area contributed by atoms with Gasteiger partial charge in [-0.3, -0.25) is 0 Å². The molecule has 0 aliphatic rings. The van der Waals surface area contributed by atoms with E-state index in [0.29, 0.717) is 5.92 Å². The lowest BCUT2D eigenvalue weighted by molar-refractivity contribution is 0.475. The maximum absolute atomic E-state index is 9.25. The van der Waals surface area contributed by atoms with E-state index in [1.807, 2.05) is 25.1 Å². The first-order valence-corrected chi connectivity index (χ1v) is 6.68. The maximum atomic E-state index is 9.25. The van der Waals surface area contributed by atoms with Gasteiger partial charge in [0, 0.05) is 16.5 Å². The van der Waals surface area contributed by atoms with Crippen molar-refractivity contribution in [3.05, 3.63) is 41.9 Å². The highest BCUT2D eigenvalue weighted by atomic mass is 32.2. The third-order valence-electron chi connectivity index (χ3n) is 2.42. The lowest BCUT2D eigenvalue weighted by atomic mass is 10.2. The Morgan fingerprint density at radius 3 is 2.39 bits per heavy atom. The Bertz CT molecular complexity index is 538. The van der Waals surface area contributed by atoms with E-state index < -0.39 is 0 Å². The van der Waals surface area contributed by atoms with E-state index in [1.54, 1.807) is 23.9 Å². The molecule has 4 heteroatoms. The summed E-state index contributed by atoms with van der Waals surface area (Å²) in [5.74, 6) is 1.47. The largest absolute Gasteiger partial charge is 0.508 e. The quantitative estimate of drug-likeness (QED) is 0.853. The fraction of sp³-hybridized carbons (Fsp3) is 0.286. The minimum absolute atomic E-state index is 0.279. The van der Waals surface area contributed by atoms with Crippen LogP contribution in [0.25, 0.3) is 0 Å². The van der Waals surface area contributed by atoms with E-state index in [9.17, 15) is 5.11 Å². The van der Waals surface area contributed by atoms with Crippen LogP contribution in [0.3, 0.4) is 0 Å². The van der Waals surface area contributed by atoms with Gasteiger partial charge < -0.3 is 5.11 Å². The molecule has 0 bridgehead atoms. The number of aromatic nitrogens is 2. The van der Waals surface area contributed by atoms with Crippen molar-refractivity contribution in [3.63, 3.8) is 0 Å². The molecule has 1 N–H and O–H groups in total. The van der Waals surface area contributed by atoms with Gasteiger partial charge in [0.1, 0.15) is 16.6 Å². The molecule has 0 atom stereocenters. The molecule has 1 aromatic heterocycles. The predicted octanol–water partition coefficient (Wildman–Crippen LogP) is 3.77. The number of hydrogen-bond donors (Lipinski definition) is 1. The summed E-state index contributed by atoms with van der Waals surface area (Å²) < 4.78 is 0. The topological polar surface area (TPSA) is 46.0 Å². The standard InChI is InChI=1S/C14H16N2OS/c1-9(2)14-15-10(3)8-13(16-14)18-12-6-4-11(17)5-7-12/h4-9,17H,1-3H3. The summed E-state index contributed by atoms with van der Waals surface area (Å²) in [6.45, 7) is 6.15. The number of benzene rings is 1. The van der Waals surface area contributed by atoms with Crippen LogP contribution in [0.15, 0.2) is 40.3 Å². The van der Waals surface area contributed by atoms with E-state index in [-0.39, 0.29) is 5.75 Å². The maximum Gasteiger partial charge on any atom is 0.132 e. The average Bonchev–Trinajstić information content (AvgIpc) is 2.31. The van der Waals surface area contributed by atoms with E-state index >= 15 is 0 Å². The zero-order chi connectivity index (χ0) is 13.1. The van der Waals surface area contributed by atoms with Crippen LogP contribution in [0, 0.1) is 6.92 Å². The summed E-state index contributed by atoms with van der Waals surface area (Å²) in [5.41, 5.74) is 0.981. The van der Waals surface area contributed by atoms with Gasteiger partial charge in [0.05, 0.1) is 0 Å². The Kier molecular flexibility index (Phi) is 3.87. The molecule has 1 aromatic carbocycles. The number of hydrogen-bond acceptors (Lipinski definition) is 4. The summed E-state index contributed by atoms with van der Waals surface area (Å²) >= 11 is 1.58. The van der Waals surface area contributed by atoms with Gasteiger partial charge in [0.2, 0.25) is 0 Å². The van der Waals surface area contributed by atoms with Crippen LogP contribution in [0.2, 0.25) is 0 Å². The van der Waals surface area contributed by atoms with Crippen molar-refractivity contribution in [3.8, 4) is 5.75 Å². The molecule has 18 heavy (non-hydrogen) atoms. The molecule has 2 aromatic rings.